The van der Waals surface area contributed by atoms with Gasteiger partial charge in [-0.15, -0.1) is 0 Å². The summed E-state index contributed by atoms with van der Waals surface area (Å²) in [7, 11) is 2.43. The molecular formula is C30H28N4O5. The fourth-order valence-corrected chi connectivity index (χ4v) is 4.45. The first-order valence-electron chi connectivity index (χ1n) is 12.2. The van der Waals surface area contributed by atoms with Crippen molar-refractivity contribution in [1.29, 1.82) is 5.26 Å². The summed E-state index contributed by atoms with van der Waals surface area (Å²) < 4.78 is 16.0. The van der Waals surface area contributed by atoms with Gasteiger partial charge in [-0.05, 0) is 29.8 Å². The Kier molecular flexibility index (Phi) is 8.49. The van der Waals surface area contributed by atoms with Crippen LogP contribution in [-0.2, 0) is 19.1 Å². The van der Waals surface area contributed by atoms with Gasteiger partial charge < -0.3 is 25.3 Å². The number of esters is 2. The van der Waals surface area contributed by atoms with E-state index in [0.717, 1.165) is 5.75 Å². The summed E-state index contributed by atoms with van der Waals surface area (Å²) in [5.41, 5.74) is 8.16. The van der Waals surface area contributed by atoms with E-state index in [1.807, 2.05) is 42.5 Å². The highest BCUT2D eigenvalue weighted by atomic mass is 16.5. The highest BCUT2D eigenvalue weighted by molar-refractivity contribution is 6.07. The molecule has 1 heterocycles. The fraction of sp³-hybridized carbons (Fsp3) is 0.167. The second-order valence-corrected chi connectivity index (χ2v) is 8.44. The van der Waals surface area contributed by atoms with Crippen molar-refractivity contribution in [2.45, 2.75) is 5.92 Å². The van der Waals surface area contributed by atoms with Crippen molar-refractivity contribution >= 4 is 23.3 Å². The van der Waals surface area contributed by atoms with E-state index in [1.165, 1.54) is 19.1 Å². The maximum absolute atomic E-state index is 13.3. The molecule has 3 aromatic rings. The molecule has 0 aliphatic carbocycles. The summed E-state index contributed by atoms with van der Waals surface area (Å²) in [5.74, 6) is -1.79. The maximum atomic E-state index is 13.3. The van der Waals surface area contributed by atoms with Gasteiger partial charge in [0.15, 0.2) is 0 Å². The number of nitrogens with zero attached hydrogens (tertiary/aromatic N) is 2. The Bertz CT molecular complexity index is 1440. The van der Waals surface area contributed by atoms with Crippen molar-refractivity contribution in [1.82, 2.24) is 0 Å². The van der Waals surface area contributed by atoms with E-state index in [2.05, 4.69) is 11.4 Å². The number of methoxy groups -OCH3 is 2. The van der Waals surface area contributed by atoms with E-state index in [0.29, 0.717) is 30.1 Å². The molecule has 3 aromatic carbocycles. The molecule has 39 heavy (non-hydrogen) atoms. The number of nitrogens with two attached hydrogens (primary N) is 1. The van der Waals surface area contributed by atoms with Crippen LogP contribution in [-0.4, -0.2) is 39.3 Å². The van der Waals surface area contributed by atoms with Crippen molar-refractivity contribution in [3.8, 4) is 11.8 Å². The average Bonchev–Trinajstić information content (AvgIpc) is 2.99. The van der Waals surface area contributed by atoms with Gasteiger partial charge in [-0.25, -0.2) is 9.59 Å². The number of carbonyl (C=O) groups excluding carboxylic acids is 2. The Morgan fingerprint density at radius 1 is 0.923 bits per heavy atom. The highest BCUT2D eigenvalue weighted by Crippen LogP contribution is 2.44. The van der Waals surface area contributed by atoms with Gasteiger partial charge in [0.2, 0.25) is 0 Å². The Morgan fingerprint density at radius 3 is 2.18 bits per heavy atom. The minimum atomic E-state index is -0.937. The maximum Gasteiger partial charge on any atom is 0.355 e. The molecule has 1 atom stereocenters. The van der Waals surface area contributed by atoms with Crippen LogP contribution in [0.1, 0.15) is 11.5 Å². The first-order valence-corrected chi connectivity index (χ1v) is 12.2. The summed E-state index contributed by atoms with van der Waals surface area (Å²) in [4.78, 5) is 27.9. The SMILES string of the molecule is COC(=O)C1=C(C(=O)OC)N(c2ccccc2NCCOc2ccccc2)C(N)=C(C#N)C1c1ccccc1. The molecular weight excluding hydrogens is 496 g/mol. The van der Waals surface area contributed by atoms with Crippen LogP contribution in [0.3, 0.4) is 0 Å². The second-order valence-electron chi connectivity index (χ2n) is 8.44. The number of carbonyl (C=O) groups is 2. The van der Waals surface area contributed by atoms with Gasteiger partial charge in [-0.2, -0.15) is 5.26 Å². The lowest BCUT2D eigenvalue weighted by Crippen LogP contribution is -2.41. The Labute approximate surface area is 226 Å². The molecule has 0 saturated carbocycles. The van der Waals surface area contributed by atoms with Gasteiger partial charge in [0.25, 0.3) is 0 Å². The van der Waals surface area contributed by atoms with Crippen LogP contribution >= 0.6 is 0 Å². The lowest BCUT2D eigenvalue weighted by atomic mass is 9.81. The summed E-state index contributed by atoms with van der Waals surface area (Å²) in [6.45, 7) is 0.776. The highest BCUT2D eigenvalue weighted by Gasteiger charge is 2.43. The Morgan fingerprint density at radius 2 is 1.54 bits per heavy atom. The minimum absolute atomic E-state index is 0.00538. The molecule has 0 fully saturated rings. The van der Waals surface area contributed by atoms with Crippen LogP contribution in [0.15, 0.2) is 108 Å². The van der Waals surface area contributed by atoms with Crippen LogP contribution in [0.2, 0.25) is 0 Å². The third-order valence-corrected chi connectivity index (χ3v) is 6.18. The van der Waals surface area contributed by atoms with Crippen LogP contribution in [0.4, 0.5) is 11.4 Å². The van der Waals surface area contributed by atoms with E-state index in [1.54, 1.807) is 42.5 Å². The monoisotopic (exact) mass is 524 g/mol. The second kappa shape index (κ2) is 12.3. The number of nitriles is 1. The standard InChI is InChI=1S/C30H28N4O5/c1-37-29(35)26-25(20-11-5-3-6-12-20)22(19-31)28(32)34(27(26)30(36)38-2)24-16-10-9-15-23(24)33-17-18-39-21-13-7-4-8-14-21/h3-16,25,33H,17-18,32H2,1-2H3. The van der Waals surface area contributed by atoms with Gasteiger partial charge in [0.1, 0.15) is 23.9 Å². The van der Waals surface area contributed by atoms with Crippen molar-refractivity contribution < 1.29 is 23.8 Å². The van der Waals surface area contributed by atoms with E-state index in [4.69, 9.17) is 19.9 Å². The van der Waals surface area contributed by atoms with Crippen LogP contribution in [0.5, 0.6) is 5.75 Å². The van der Waals surface area contributed by atoms with Gasteiger partial charge in [0.05, 0.1) is 48.7 Å². The molecule has 9 nitrogen and oxygen atoms in total. The number of nitrogens with one attached hydrogen (secondary N) is 1. The third-order valence-electron chi connectivity index (χ3n) is 6.18. The molecule has 1 aliphatic heterocycles. The van der Waals surface area contributed by atoms with Gasteiger partial charge in [-0.3, -0.25) is 4.90 Å². The zero-order chi connectivity index (χ0) is 27.8. The third kappa shape index (κ3) is 5.55. The predicted octanol–water partition coefficient (Wildman–Crippen LogP) is 4.08. The van der Waals surface area contributed by atoms with Crippen molar-refractivity contribution in [3.63, 3.8) is 0 Å². The van der Waals surface area contributed by atoms with Crippen molar-refractivity contribution in [2.24, 2.45) is 5.73 Å². The van der Waals surface area contributed by atoms with Gasteiger partial charge in [0, 0.05) is 6.54 Å². The first-order chi connectivity index (χ1) is 19.0. The molecule has 198 valence electrons. The number of hydrogen-bond acceptors (Lipinski definition) is 9. The summed E-state index contributed by atoms with van der Waals surface area (Å²) in [6, 6.07) is 27.5. The van der Waals surface area contributed by atoms with Crippen LogP contribution in [0, 0.1) is 11.3 Å². The molecule has 0 spiro atoms. The topological polar surface area (TPSA) is 127 Å². The Balaban J connectivity index is 1.81. The number of allylic oxidation sites excluding steroid dienone is 1. The molecule has 0 radical (unpaired) electrons. The van der Waals surface area contributed by atoms with E-state index in [9.17, 15) is 14.9 Å². The number of benzene rings is 3. The summed E-state index contributed by atoms with van der Waals surface area (Å²) in [5, 5.41) is 13.5. The Hall–Kier alpha value is -5.23. The number of anilines is 2. The molecule has 0 bridgehead atoms. The normalized spacial score (nSPS) is 14.9. The summed E-state index contributed by atoms with van der Waals surface area (Å²) >= 11 is 0. The van der Waals surface area contributed by atoms with Gasteiger partial charge in [-0.1, -0.05) is 60.7 Å². The van der Waals surface area contributed by atoms with E-state index < -0.39 is 17.9 Å². The lowest BCUT2D eigenvalue weighted by Gasteiger charge is -2.36. The molecule has 3 N–H and O–H groups in total. The number of ether oxygens (including phenoxy) is 3. The molecule has 0 amide bonds. The molecule has 9 heteroatoms. The average molecular weight is 525 g/mol. The smallest absolute Gasteiger partial charge is 0.355 e. The van der Waals surface area contributed by atoms with Crippen molar-refractivity contribution in [2.75, 3.05) is 37.6 Å². The van der Waals surface area contributed by atoms with E-state index in [-0.39, 0.29) is 22.7 Å². The fourth-order valence-electron chi connectivity index (χ4n) is 4.45. The molecule has 1 unspecified atom stereocenters. The van der Waals surface area contributed by atoms with Crippen LogP contribution < -0.4 is 20.7 Å². The van der Waals surface area contributed by atoms with Gasteiger partial charge >= 0.3 is 11.9 Å². The van der Waals surface area contributed by atoms with Crippen LogP contribution in [0.25, 0.3) is 0 Å². The largest absolute Gasteiger partial charge is 0.492 e. The van der Waals surface area contributed by atoms with E-state index >= 15 is 0 Å². The quantitative estimate of drug-likeness (QED) is 0.314. The molecule has 4 rings (SSSR count). The van der Waals surface area contributed by atoms with Crippen molar-refractivity contribution in [3.05, 3.63) is 113 Å². The molecule has 0 saturated heterocycles. The molecule has 0 aromatic heterocycles. The summed E-state index contributed by atoms with van der Waals surface area (Å²) in [6.07, 6.45) is 0. The molecule has 1 aliphatic rings. The minimum Gasteiger partial charge on any atom is -0.492 e. The lowest BCUT2D eigenvalue weighted by molar-refractivity contribution is -0.139. The zero-order valence-corrected chi connectivity index (χ0v) is 21.6. The first kappa shape index (κ1) is 26.8. The zero-order valence-electron chi connectivity index (χ0n) is 21.6. The number of para-hydroxylation sites is 3. The number of hydrogen-bond donors (Lipinski definition) is 2. The number of rotatable bonds is 9. The predicted molar refractivity (Wildman–Crippen MR) is 146 cm³/mol.